The lowest BCUT2D eigenvalue weighted by molar-refractivity contribution is -0.386. The Kier molecular flexibility index (Phi) is 5.39. The van der Waals surface area contributed by atoms with Gasteiger partial charge in [0.1, 0.15) is 18.1 Å². The molecule has 3 rings (SSSR count). The number of hydrogen-bond acceptors (Lipinski definition) is 6. The predicted octanol–water partition coefficient (Wildman–Crippen LogP) is 2.32. The van der Waals surface area contributed by atoms with Crippen LogP contribution in [0.15, 0.2) is 36.5 Å². The third-order valence-corrected chi connectivity index (χ3v) is 4.14. The summed E-state index contributed by atoms with van der Waals surface area (Å²) in [6, 6.07) is 8.21. The average Bonchev–Trinajstić information content (AvgIpc) is 3.21. The van der Waals surface area contributed by atoms with Gasteiger partial charge in [-0.1, -0.05) is 0 Å². The lowest BCUT2D eigenvalue weighted by Crippen LogP contribution is -2.15. The first-order chi connectivity index (χ1) is 13.7. The maximum absolute atomic E-state index is 12.4. The quantitative estimate of drug-likeness (QED) is 0.484. The van der Waals surface area contributed by atoms with Gasteiger partial charge in [0, 0.05) is 24.5 Å². The number of amides is 2. The molecule has 0 fully saturated rings. The fourth-order valence-electron chi connectivity index (χ4n) is 2.82. The third kappa shape index (κ3) is 4.46. The van der Waals surface area contributed by atoms with Crippen LogP contribution in [0.3, 0.4) is 0 Å². The minimum Gasteiger partial charge on any atom is -0.326 e. The van der Waals surface area contributed by atoms with Crippen molar-refractivity contribution in [2.24, 2.45) is 0 Å². The van der Waals surface area contributed by atoms with E-state index in [2.05, 4.69) is 20.8 Å². The van der Waals surface area contributed by atoms with Crippen molar-refractivity contribution in [3.8, 4) is 0 Å². The molecule has 29 heavy (non-hydrogen) atoms. The van der Waals surface area contributed by atoms with Crippen LogP contribution in [0, 0.1) is 24.0 Å². The number of anilines is 2. The number of carbonyl (C=O) groups excluding carboxylic acids is 2. The Morgan fingerprint density at radius 1 is 1.07 bits per heavy atom. The molecule has 0 radical (unpaired) electrons. The molecule has 3 aromatic rings. The second kappa shape index (κ2) is 7.92. The number of nitrogens with one attached hydrogen (secondary N) is 2. The normalized spacial score (nSPS) is 10.6. The van der Waals surface area contributed by atoms with E-state index in [0.29, 0.717) is 22.8 Å². The van der Waals surface area contributed by atoms with Crippen molar-refractivity contribution in [3.05, 3.63) is 63.7 Å². The van der Waals surface area contributed by atoms with Gasteiger partial charge in [0.25, 0.3) is 5.91 Å². The van der Waals surface area contributed by atoms with Crippen molar-refractivity contribution in [1.29, 1.82) is 0 Å². The molecule has 0 unspecified atom stereocenters. The van der Waals surface area contributed by atoms with Gasteiger partial charge in [0.2, 0.25) is 5.91 Å². The van der Waals surface area contributed by atoms with Crippen molar-refractivity contribution in [2.45, 2.75) is 27.4 Å². The summed E-state index contributed by atoms with van der Waals surface area (Å²) in [7, 11) is 0. The third-order valence-electron chi connectivity index (χ3n) is 4.14. The summed E-state index contributed by atoms with van der Waals surface area (Å²) in [6.45, 7) is 4.73. The summed E-state index contributed by atoms with van der Waals surface area (Å²) in [5.74, 6) is -0.587. The fraction of sp³-hybridized carbons (Fsp3) is 0.222. The molecule has 0 spiro atoms. The van der Waals surface area contributed by atoms with E-state index in [1.807, 2.05) is 0 Å². The molecule has 150 valence electrons. The van der Waals surface area contributed by atoms with E-state index in [-0.39, 0.29) is 24.0 Å². The van der Waals surface area contributed by atoms with Crippen LogP contribution in [-0.2, 0) is 11.5 Å². The van der Waals surface area contributed by atoms with E-state index in [1.54, 1.807) is 50.4 Å². The summed E-state index contributed by atoms with van der Waals surface area (Å²) in [5.41, 5.74) is 2.06. The van der Waals surface area contributed by atoms with Crippen LogP contribution in [0.5, 0.6) is 0 Å². The average molecular weight is 397 g/mol. The van der Waals surface area contributed by atoms with Crippen molar-refractivity contribution in [1.82, 2.24) is 19.6 Å². The van der Waals surface area contributed by atoms with Gasteiger partial charge in [-0.2, -0.15) is 10.2 Å². The van der Waals surface area contributed by atoms with Crippen LogP contribution in [0.25, 0.3) is 0 Å². The SMILES string of the molecule is CC(=O)Nc1ccc(NC(=O)c2ccn(Cn3nc(C)c([N+](=O)[O-])c3C)n2)cc1. The van der Waals surface area contributed by atoms with Gasteiger partial charge in [0.15, 0.2) is 5.69 Å². The lowest BCUT2D eigenvalue weighted by Gasteiger charge is -2.06. The number of nitrogens with zero attached hydrogens (tertiary/aromatic N) is 5. The van der Waals surface area contributed by atoms with E-state index in [4.69, 9.17) is 0 Å². The second-order valence-corrected chi connectivity index (χ2v) is 6.37. The predicted molar refractivity (Wildman–Crippen MR) is 105 cm³/mol. The molecule has 2 N–H and O–H groups in total. The molecular weight excluding hydrogens is 378 g/mol. The fourth-order valence-corrected chi connectivity index (χ4v) is 2.82. The molecular formula is C18H19N7O4. The van der Waals surface area contributed by atoms with E-state index < -0.39 is 10.8 Å². The number of carbonyl (C=O) groups is 2. The zero-order valence-electron chi connectivity index (χ0n) is 16.0. The number of hydrogen-bond donors (Lipinski definition) is 2. The first-order valence-corrected chi connectivity index (χ1v) is 8.65. The van der Waals surface area contributed by atoms with E-state index in [9.17, 15) is 19.7 Å². The highest BCUT2D eigenvalue weighted by Crippen LogP contribution is 2.21. The highest BCUT2D eigenvalue weighted by atomic mass is 16.6. The first kappa shape index (κ1) is 19.7. The Morgan fingerprint density at radius 2 is 1.69 bits per heavy atom. The standard InChI is InChI=1S/C18H19N7O4/c1-11-17(25(28)29)12(2)24(21-11)10-23-9-8-16(22-23)18(27)20-15-6-4-14(5-7-15)19-13(3)26/h4-9H,10H2,1-3H3,(H,19,26)(H,20,27). The molecule has 0 saturated carbocycles. The summed E-state index contributed by atoms with van der Waals surface area (Å²) in [4.78, 5) is 34.1. The molecule has 0 saturated heterocycles. The second-order valence-electron chi connectivity index (χ2n) is 6.37. The molecule has 1 aromatic carbocycles. The summed E-state index contributed by atoms with van der Waals surface area (Å²) < 4.78 is 2.93. The van der Waals surface area contributed by atoms with Crippen LogP contribution >= 0.6 is 0 Å². The monoisotopic (exact) mass is 397 g/mol. The first-order valence-electron chi connectivity index (χ1n) is 8.65. The summed E-state index contributed by atoms with van der Waals surface area (Å²) in [5, 5.41) is 24.8. The molecule has 2 aromatic heterocycles. The molecule has 0 aliphatic carbocycles. The van der Waals surface area contributed by atoms with Crippen molar-refractivity contribution < 1.29 is 14.5 Å². The maximum atomic E-state index is 12.4. The van der Waals surface area contributed by atoms with Gasteiger partial charge in [-0.15, -0.1) is 0 Å². The van der Waals surface area contributed by atoms with Crippen LogP contribution in [0.4, 0.5) is 17.1 Å². The highest BCUT2D eigenvalue weighted by molar-refractivity contribution is 6.03. The van der Waals surface area contributed by atoms with Gasteiger partial charge in [0.05, 0.1) is 4.92 Å². The van der Waals surface area contributed by atoms with Crippen molar-refractivity contribution in [3.63, 3.8) is 0 Å². The zero-order valence-corrected chi connectivity index (χ0v) is 16.0. The summed E-state index contributed by atoms with van der Waals surface area (Å²) in [6.07, 6.45) is 1.59. The zero-order chi connectivity index (χ0) is 21.1. The van der Waals surface area contributed by atoms with Gasteiger partial charge in [-0.25, -0.2) is 4.68 Å². The smallest absolute Gasteiger partial charge is 0.312 e. The van der Waals surface area contributed by atoms with Gasteiger partial charge >= 0.3 is 5.69 Å². The van der Waals surface area contributed by atoms with E-state index in [0.717, 1.165) is 0 Å². The largest absolute Gasteiger partial charge is 0.326 e. The van der Waals surface area contributed by atoms with Crippen LogP contribution in [0.1, 0.15) is 28.8 Å². The number of benzene rings is 1. The van der Waals surface area contributed by atoms with E-state index in [1.165, 1.54) is 16.3 Å². The Morgan fingerprint density at radius 3 is 2.24 bits per heavy atom. The molecule has 0 aliphatic heterocycles. The Bertz CT molecular complexity index is 1080. The highest BCUT2D eigenvalue weighted by Gasteiger charge is 2.22. The van der Waals surface area contributed by atoms with Crippen LogP contribution in [-0.4, -0.2) is 36.3 Å². The van der Waals surface area contributed by atoms with Crippen molar-refractivity contribution in [2.75, 3.05) is 10.6 Å². The molecule has 0 atom stereocenters. The van der Waals surface area contributed by atoms with Crippen molar-refractivity contribution >= 4 is 28.9 Å². The van der Waals surface area contributed by atoms with Crippen LogP contribution < -0.4 is 10.6 Å². The number of nitro groups is 1. The minimum atomic E-state index is -0.465. The van der Waals surface area contributed by atoms with Gasteiger partial charge < -0.3 is 10.6 Å². The number of rotatable bonds is 6. The topological polar surface area (TPSA) is 137 Å². The molecule has 2 amide bonds. The number of aryl methyl sites for hydroxylation is 1. The molecule has 11 nitrogen and oxygen atoms in total. The Balaban J connectivity index is 1.68. The minimum absolute atomic E-state index is 0.0298. The Hall–Kier alpha value is -4.02. The number of aromatic nitrogens is 4. The van der Waals surface area contributed by atoms with E-state index >= 15 is 0 Å². The molecule has 0 aliphatic rings. The Labute approximate surface area is 165 Å². The maximum Gasteiger partial charge on any atom is 0.312 e. The molecule has 11 heteroatoms. The molecule has 0 bridgehead atoms. The molecule has 2 heterocycles. The lowest BCUT2D eigenvalue weighted by atomic mass is 10.2. The van der Waals surface area contributed by atoms with Gasteiger partial charge in [-0.3, -0.25) is 24.4 Å². The summed E-state index contributed by atoms with van der Waals surface area (Å²) >= 11 is 0. The van der Waals surface area contributed by atoms with Crippen LogP contribution in [0.2, 0.25) is 0 Å². The van der Waals surface area contributed by atoms with Gasteiger partial charge in [-0.05, 0) is 44.2 Å².